The number of alkyl halides is 1. The number of benzene rings is 1. The van der Waals surface area contributed by atoms with Crippen LogP contribution >= 0.6 is 11.6 Å². The highest BCUT2D eigenvalue weighted by molar-refractivity contribution is 6.17. The molecule has 0 unspecified atom stereocenters. The Morgan fingerprint density at radius 1 is 1.44 bits per heavy atom. The van der Waals surface area contributed by atoms with Gasteiger partial charge in [-0.1, -0.05) is 6.07 Å². The fourth-order valence-electron chi connectivity index (χ4n) is 1.55. The molecular weight excluding hydrogens is 227 g/mol. The second kappa shape index (κ2) is 4.66. The largest absolute Gasteiger partial charge is 0.268 e. The Hall–Kier alpha value is -1.35. The van der Waals surface area contributed by atoms with Crippen molar-refractivity contribution in [2.75, 3.05) is 0 Å². The summed E-state index contributed by atoms with van der Waals surface area (Å²) in [7, 11) is 0. The number of nitrogens with zero attached hydrogens (tertiary/aromatic N) is 2. The maximum absolute atomic E-state index is 13.1. The molecule has 0 aliphatic carbocycles. The lowest BCUT2D eigenvalue weighted by atomic mass is 10.1. The first kappa shape index (κ1) is 11.1. The van der Waals surface area contributed by atoms with Crippen LogP contribution in [0.1, 0.15) is 16.7 Å². The van der Waals surface area contributed by atoms with E-state index >= 15 is 0 Å². The number of aromatic nitrogens is 2. The van der Waals surface area contributed by atoms with Crippen LogP contribution in [0.15, 0.2) is 30.6 Å². The number of hydrogen-bond acceptors (Lipinski definition) is 1. The summed E-state index contributed by atoms with van der Waals surface area (Å²) in [6.45, 7) is 2.53. The van der Waals surface area contributed by atoms with Crippen LogP contribution in [0.3, 0.4) is 0 Å². The van der Waals surface area contributed by atoms with Crippen molar-refractivity contribution < 1.29 is 4.39 Å². The monoisotopic (exact) mass is 238 g/mol. The van der Waals surface area contributed by atoms with Gasteiger partial charge in [-0.05, 0) is 30.2 Å². The summed E-state index contributed by atoms with van der Waals surface area (Å²) in [6, 6.07) is 4.78. The van der Waals surface area contributed by atoms with E-state index in [4.69, 9.17) is 11.6 Å². The van der Waals surface area contributed by atoms with Gasteiger partial charge in [-0.25, -0.2) is 4.39 Å². The van der Waals surface area contributed by atoms with Crippen LogP contribution in [0.4, 0.5) is 4.39 Å². The van der Waals surface area contributed by atoms with E-state index in [9.17, 15) is 4.39 Å². The molecular formula is C12H12ClFN2. The molecule has 0 aliphatic heterocycles. The molecule has 1 aromatic heterocycles. The predicted octanol–water partition coefficient (Wildman–Crippen LogP) is 3.12. The highest BCUT2D eigenvalue weighted by atomic mass is 35.5. The number of aryl methyl sites for hydroxylation is 1. The van der Waals surface area contributed by atoms with E-state index in [-0.39, 0.29) is 5.82 Å². The standard InChI is InChI=1S/C12H12ClFN2/c1-9-2-3-12(14)4-11(9)8-16-7-10(5-13)6-15-16/h2-4,6-7H,5,8H2,1H3. The minimum absolute atomic E-state index is 0.217. The van der Waals surface area contributed by atoms with E-state index in [2.05, 4.69) is 5.10 Å². The Morgan fingerprint density at radius 2 is 2.25 bits per heavy atom. The van der Waals surface area contributed by atoms with Crippen molar-refractivity contribution in [2.45, 2.75) is 19.3 Å². The Bertz CT molecular complexity index is 494. The third-order valence-corrected chi connectivity index (χ3v) is 2.79. The fourth-order valence-corrected chi connectivity index (χ4v) is 1.68. The summed E-state index contributed by atoms with van der Waals surface area (Å²) in [5.41, 5.74) is 2.96. The van der Waals surface area contributed by atoms with Gasteiger partial charge in [0.1, 0.15) is 5.82 Å². The molecule has 0 N–H and O–H groups in total. The highest BCUT2D eigenvalue weighted by Gasteiger charge is 2.03. The Kier molecular flexibility index (Phi) is 3.25. The summed E-state index contributed by atoms with van der Waals surface area (Å²) in [5, 5.41) is 4.16. The van der Waals surface area contributed by atoms with Gasteiger partial charge in [0.25, 0.3) is 0 Å². The molecule has 16 heavy (non-hydrogen) atoms. The molecule has 0 saturated carbocycles. The zero-order valence-electron chi connectivity index (χ0n) is 8.95. The molecule has 2 rings (SSSR count). The summed E-state index contributed by atoms with van der Waals surface area (Å²) in [6.07, 6.45) is 3.60. The molecule has 0 fully saturated rings. The first-order valence-electron chi connectivity index (χ1n) is 5.01. The van der Waals surface area contributed by atoms with Crippen molar-refractivity contribution in [1.82, 2.24) is 9.78 Å². The lowest BCUT2D eigenvalue weighted by Gasteiger charge is -2.05. The van der Waals surface area contributed by atoms with Gasteiger partial charge < -0.3 is 0 Å². The van der Waals surface area contributed by atoms with Gasteiger partial charge >= 0.3 is 0 Å². The molecule has 0 atom stereocenters. The molecule has 1 aromatic carbocycles. The second-order valence-corrected chi connectivity index (χ2v) is 4.02. The van der Waals surface area contributed by atoms with Gasteiger partial charge in [-0.15, -0.1) is 11.6 Å². The van der Waals surface area contributed by atoms with Crippen LogP contribution in [0.5, 0.6) is 0 Å². The first-order chi connectivity index (χ1) is 7.69. The van der Waals surface area contributed by atoms with E-state index in [0.29, 0.717) is 12.4 Å². The minimum Gasteiger partial charge on any atom is -0.268 e. The van der Waals surface area contributed by atoms with Crippen LogP contribution in [0.25, 0.3) is 0 Å². The molecule has 1 heterocycles. The minimum atomic E-state index is -0.217. The third-order valence-electron chi connectivity index (χ3n) is 2.48. The maximum Gasteiger partial charge on any atom is 0.123 e. The lowest BCUT2D eigenvalue weighted by Crippen LogP contribution is -2.02. The van der Waals surface area contributed by atoms with Gasteiger partial charge in [-0.2, -0.15) is 5.10 Å². The van der Waals surface area contributed by atoms with Crippen molar-refractivity contribution in [2.24, 2.45) is 0 Å². The fraction of sp³-hybridized carbons (Fsp3) is 0.250. The summed E-state index contributed by atoms with van der Waals surface area (Å²) in [4.78, 5) is 0. The summed E-state index contributed by atoms with van der Waals surface area (Å²) in [5.74, 6) is 0.229. The van der Waals surface area contributed by atoms with Crippen molar-refractivity contribution in [3.8, 4) is 0 Å². The Labute approximate surface area is 98.7 Å². The smallest absolute Gasteiger partial charge is 0.123 e. The lowest BCUT2D eigenvalue weighted by molar-refractivity contribution is 0.618. The van der Waals surface area contributed by atoms with E-state index in [1.807, 2.05) is 13.1 Å². The number of halogens is 2. The van der Waals surface area contributed by atoms with Crippen molar-refractivity contribution in [1.29, 1.82) is 0 Å². The molecule has 0 bridgehead atoms. The van der Waals surface area contributed by atoms with Gasteiger partial charge in [0.2, 0.25) is 0 Å². The topological polar surface area (TPSA) is 17.8 Å². The molecule has 0 spiro atoms. The van der Waals surface area contributed by atoms with E-state index in [0.717, 1.165) is 16.7 Å². The van der Waals surface area contributed by atoms with E-state index in [1.165, 1.54) is 12.1 Å². The average molecular weight is 239 g/mol. The SMILES string of the molecule is Cc1ccc(F)cc1Cn1cc(CCl)cn1. The Morgan fingerprint density at radius 3 is 2.94 bits per heavy atom. The molecule has 0 aliphatic rings. The van der Waals surface area contributed by atoms with Gasteiger partial charge in [-0.3, -0.25) is 4.68 Å². The normalized spacial score (nSPS) is 10.7. The first-order valence-corrected chi connectivity index (χ1v) is 5.55. The quantitative estimate of drug-likeness (QED) is 0.752. The zero-order valence-corrected chi connectivity index (χ0v) is 9.71. The number of hydrogen-bond donors (Lipinski definition) is 0. The van der Waals surface area contributed by atoms with Crippen LogP contribution in [0.2, 0.25) is 0 Å². The molecule has 2 nitrogen and oxygen atoms in total. The van der Waals surface area contributed by atoms with Crippen LogP contribution in [-0.4, -0.2) is 9.78 Å². The van der Waals surface area contributed by atoms with Crippen molar-refractivity contribution in [3.63, 3.8) is 0 Å². The highest BCUT2D eigenvalue weighted by Crippen LogP contribution is 2.12. The molecule has 0 amide bonds. The average Bonchev–Trinajstić information content (AvgIpc) is 2.71. The molecule has 4 heteroatoms. The second-order valence-electron chi connectivity index (χ2n) is 3.75. The van der Waals surface area contributed by atoms with Crippen LogP contribution in [0, 0.1) is 12.7 Å². The molecule has 0 radical (unpaired) electrons. The summed E-state index contributed by atoms with van der Waals surface area (Å²) >= 11 is 5.69. The van der Waals surface area contributed by atoms with Gasteiger partial charge in [0, 0.05) is 11.8 Å². The van der Waals surface area contributed by atoms with E-state index < -0.39 is 0 Å². The van der Waals surface area contributed by atoms with Crippen molar-refractivity contribution in [3.05, 3.63) is 53.1 Å². The Balaban J connectivity index is 2.22. The predicted molar refractivity (Wildman–Crippen MR) is 62.0 cm³/mol. The summed E-state index contributed by atoms with van der Waals surface area (Å²) < 4.78 is 14.8. The zero-order chi connectivity index (χ0) is 11.5. The van der Waals surface area contributed by atoms with Gasteiger partial charge in [0.05, 0.1) is 18.6 Å². The van der Waals surface area contributed by atoms with Crippen LogP contribution in [-0.2, 0) is 12.4 Å². The van der Waals surface area contributed by atoms with Crippen molar-refractivity contribution >= 4 is 11.6 Å². The van der Waals surface area contributed by atoms with E-state index in [1.54, 1.807) is 16.9 Å². The molecule has 84 valence electrons. The molecule has 2 aromatic rings. The molecule has 0 saturated heterocycles. The maximum atomic E-state index is 13.1. The van der Waals surface area contributed by atoms with Gasteiger partial charge in [0.15, 0.2) is 0 Å². The number of rotatable bonds is 3. The van der Waals surface area contributed by atoms with Crippen LogP contribution < -0.4 is 0 Å². The third kappa shape index (κ3) is 2.42.